The third-order valence-corrected chi connectivity index (χ3v) is 4.38. The van der Waals surface area contributed by atoms with Crippen LogP contribution < -0.4 is 10.6 Å². The molecule has 1 aromatic carbocycles. The van der Waals surface area contributed by atoms with Crippen LogP contribution in [-0.2, 0) is 4.74 Å². The highest BCUT2D eigenvalue weighted by Crippen LogP contribution is 2.30. The van der Waals surface area contributed by atoms with Crippen molar-refractivity contribution in [3.8, 4) is 0 Å². The first-order valence-corrected chi connectivity index (χ1v) is 7.35. The highest BCUT2D eigenvalue weighted by Gasteiger charge is 2.27. The molecule has 3 N–H and O–H groups in total. The molecule has 0 saturated heterocycles. The number of benzene rings is 1. The maximum atomic E-state index is 11.8. The van der Waals surface area contributed by atoms with Crippen molar-refractivity contribution >= 4 is 17.3 Å². The summed E-state index contributed by atoms with van der Waals surface area (Å²) in [5.41, 5.74) is 8.51. The number of hydrogen-bond acceptors (Lipinski definition) is 5. The van der Waals surface area contributed by atoms with Crippen LogP contribution >= 0.6 is 0 Å². The summed E-state index contributed by atoms with van der Waals surface area (Å²) >= 11 is 0. The van der Waals surface area contributed by atoms with Crippen LogP contribution in [0.5, 0.6) is 0 Å². The molecule has 1 aromatic rings. The molecule has 116 valence electrons. The van der Waals surface area contributed by atoms with Gasteiger partial charge in [-0.25, -0.2) is 4.79 Å². The molecule has 1 fully saturated rings. The lowest BCUT2D eigenvalue weighted by atomic mass is 9.91. The number of likely N-dealkylation sites (N-methyl/N-ethyl adjacent to an activating group) is 1. The maximum Gasteiger partial charge on any atom is 0.340 e. The Hall–Kier alpha value is -1.75. The average molecular weight is 292 g/mol. The first kappa shape index (κ1) is 15.6. The van der Waals surface area contributed by atoms with Crippen molar-refractivity contribution in [1.29, 1.82) is 0 Å². The van der Waals surface area contributed by atoms with Crippen LogP contribution in [0.25, 0.3) is 0 Å². The zero-order valence-electron chi connectivity index (χ0n) is 12.9. The van der Waals surface area contributed by atoms with Crippen LogP contribution in [0.3, 0.4) is 0 Å². The monoisotopic (exact) mass is 292 g/mol. The third-order valence-electron chi connectivity index (χ3n) is 4.38. The summed E-state index contributed by atoms with van der Waals surface area (Å²) in [6.45, 7) is 1.87. The Balaban J connectivity index is 2.34. The Morgan fingerprint density at radius 1 is 1.38 bits per heavy atom. The molecule has 5 nitrogen and oxygen atoms in total. The van der Waals surface area contributed by atoms with E-state index < -0.39 is 5.97 Å². The number of aliphatic hydroxyl groups excluding tert-OH is 1. The van der Waals surface area contributed by atoms with Crippen LogP contribution in [-0.4, -0.2) is 37.4 Å². The lowest BCUT2D eigenvalue weighted by molar-refractivity contribution is 0.0602. The van der Waals surface area contributed by atoms with Crippen molar-refractivity contribution in [2.24, 2.45) is 0 Å². The smallest absolute Gasteiger partial charge is 0.340 e. The van der Waals surface area contributed by atoms with E-state index >= 15 is 0 Å². The lowest BCUT2D eigenvalue weighted by Gasteiger charge is -2.37. The summed E-state index contributed by atoms with van der Waals surface area (Å²) in [7, 11) is 3.30. The normalized spacial score (nSPS) is 21.9. The minimum absolute atomic E-state index is 0.0762. The molecule has 0 amide bonds. The van der Waals surface area contributed by atoms with E-state index in [9.17, 15) is 9.90 Å². The van der Waals surface area contributed by atoms with Crippen LogP contribution in [0.4, 0.5) is 11.4 Å². The number of aryl methyl sites for hydroxylation is 1. The molecular formula is C16H24N2O3. The molecule has 21 heavy (non-hydrogen) atoms. The first-order valence-electron chi connectivity index (χ1n) is 7.35. The van der Waals surface area contributed by atoms with Crippen LogP contribution in [0.1, 0.15) is 41.6 Å². The molecule has 0 aromatic heterocycles. The second-order valence-corrected chi connectivity index (χ2v) is 5.75. The quantitative estimate of drug-likeness (QED) is 0.659. The number of rotatable bonds is 3. The molecule has 2 unspecified atom stereocenters. The number of aliphatic hydroxyl groups is 1. The number of nitrogen functional groups attached to an aromatic ring is 1. The lowest BCUT2D eigenvalue weighted by Crippen LogP contribution is -2.43. The second-order valence-electron chi connectivity index (χ2n) is 5.75. The maximum absolute atomic E-state index is 11.8. The van der Waals surface area contributed by atoms with Crippen molar-refractivity contribution in [3.05, 3.63) is 23.3 Å². The zero-order valence-corrected chi connectivity index (χ0v) is 12.9. The molecular weight excluding hydrogens is 268 g/mol. The van der Waals surface area contributed by atoms with Gasteiger partial charge in [0.25, 0.3) is 0 Å². The van der Waals surface area contributed by atoms with Crippen LogP contribution in [0, 0.1) is 6.92 Å². The predicted molar refractivity (Wildman–Crippen MR) is 83.6 cm³/mol. The van der Waals surface area contributed by atoms with Gasteiger partial charge in [0, 0.05) is 18.4 Å². The van der Waals surface area contributed by atoms with Gasteiger partial charge in [-0.15, -0.1) is 0 Å². The fourth-order valence-electron chi connectivity index (χ4n) is 3.00. The number of ether oxygens (including phenoxy) is 1. The van der Waals surface area contributed by atoms with Gasteiger partial charge in [-0.2, -0.15) is 0 Å². The topological polar surface area (TPSA) is 75.8 Å². The number of nitrogens with zero attached hydrogens (tertiary/aromatic N) is 1. The molecule has 0 spiro atoms. The number of anilines is 2. The fraction of sp³-hybridized carbons (Fsp3) is 0.562. The number of esters is 1. The summed E-state index contributed by atoms with van der Waals surface area (Å²) in [6.07, 6.45) is 3.63. The minimum Gasteiger partial charge on any atom is -0.465 e. The van der Waals surface area contributed by atoms with Crippen LogP contribution in [0.2, 0.25) is 0 Å². The molecule has 2 rings (SSSR count). The van der Waals surface area contributed by atoms with Crippen molar-refractivity contribution < 1.29 is 14.6 Å². The van der Waals surface area contributed by atoms with Gasteiger partial charge < -0.3 is 20.5 Å². The SMILES string of the molecule is COC(=O)c1cc(N(C)C2CCCCC2O)cc(C)c1N. The third kappa shape index (κ3) is 3.13. The van der Waals surface area contributed by atoms with Gasteiger partial charge in [-0.3, -0.25) is 0 Å². The molecule has 0 radical (unpaired) electrons. The van der Waals surface area contributed by atoms with Gasteiger partial charge in [-0.1, -0.05) is 12.8 Å². The Morgan fingerprint density at radius 2 is 2.05 bits per heavy atom. The molecule has 0 heterocycles. The van der Waals surface area contributed by atoms with E-state index in [1.165, 1.54) is 7.11 Å². The molecule has 0 aliphatic heterocycles. The molecule has 2 atom stereocenters. The number of methoxy groups -OCH3 is 1. The highest BCUT2D eigenvalue weighted by atomic mass is 16.5. The number of hydrogen-bond donors (Lipinski definition) is 2. The first-order chi connectivity index (χ1) is 9.95. The van der Waals surface area contributed by atoms with E-state index in [0.717, 1.165) is 36.9 Å². The van der Waals surface area contributed by atoms with Crippen molar-refractivity contribution in [2.75, 3.05) is 24.8 Å². The summed E-state index contributed by atoms with van der Waals surface area (Å²) in [6, 6.07) is 3.77. The Bertz CT molecular complexity index is 530. The largest absolute Gasteiger partial charge is 0.465 e. The molecule has 1 aliphatic carbocycles. The van der Waals surface area contributed by atoms with E-state index in [4.69, 9.17) is 10.5 Å². The number of carbonyl (C=O) groups excluding carboxylic acids is 1. The van der Waals surface area contributed by atoms with E-state index in [-0.39, 0.29) is 12.1 Å². The van der Waals surface area contributed by atoms with Gasteiger partial charge >= 0.3 is 5.97 Å². The van der Waals surface area contributed by atoms with Gasteiger partial charge in [0.1, 0.15) is 0 Å². The van der Waals surface area contributed by atoms with Crippen molar-refractivity contribution in [3.63, 3.8) is 0 Å². The second kappa shape index (κ2) is 6.35. The Morgan fingerprint density at radius 3 is 2.67 bits per heavy atom. The van der Waals surface area contributed by atoms with Gasteiger partial charge in [-0.05, 0) is 37.5 Å². The summed E-state index contributed by atoms with van der Waals surface area (Å²) in [5.74, 6) is -0.435. The average Bonchev–Trinajstić information content (AvgIpc) is 2.49. The number of nitrogens with two attached hydrogens (primary N) is 1. The van der Waals surface area contributed by atoms with E-state index in [2.05, 4.69) is 0 Å². The number of carbonyl (C=O) groups is 1. The predicted octanol–water partition coefficient (Wildman–Crippen LogP) is 2.10. The molecule has 1 aliphatic rings. The van der Waals surface area contributed by atoms with E-state index in [1.807, 2.05) is 24.9 Å². The Kier molecular flexibility index (Phi) is 4.73. The highest BCUT2D eigenvalue weighted by molar-refractivity contribution is 5.97. The van der Waals surface area contributed by atoms with Gasteiger partial charge in [0.2, 0.25) is 0 Å². The van der Waals surface area contributed by atoms with Gasteiger partial charge in [0.05, 0.1) is 24.8 Å². The van der Waals surface area contributed by atoms with Crippen molar-refractivity contribution in [1.82, 2.24) is 0 Å². The standard InChI is InChI=1S/C16H24N2O3/c1-10-8-11(9-12(15(10)17)16(20)21-3)18(2)13-6-4-5-7-14(13)19/h8-9,13-14,19H,4-7,17H2,1-3H3. The molecule has 1 saturated carbocycles. The van der Waals surface area contributed by atoms with Crippen molar-refractivity contribution in [2.45, 2.75) is 44.8 Å². The van der Waals surface area contributed by atoms with E-state index in [0.29, 0.717) is 11.3 Å². The Labute approximate surface area is 125 Å². The van der Waals surface area contributed by atoms with Gasteiger partial charge in [0.15, 0.2) is 0 Å². The zero-order chi connectivity index (χ0) is 15.6. The minimum atomic E-state index is -0.435. The molecule has 0 bridgehead atoms. The summed E-state index contributed by atoms with van der Waals surface area (Å²) < 4.78 is 4.79. The fourth-order valence-corrected chi connectivity index (χ4v) is 3.00. The van der Waals surface area contributed by atoms with Crippen LogP contribution in [0.15, 0.2) is 12.1 Å². The molecule has 5 heteroatoms. The summed E-state index contributed by atoms with van der Waals surface area (Å²) in [5, 5.41) is 10.2. The summed E-state index contributed by atoms with van der Waals surface area (Å²) in [4.78, 5) is 13.9. The van der Waals surface area contributed by atoms with E-state index in [1.54, 1.807) is 6.07 Å².